The third-order valence-corrected chi connectivity index (χ3v) is 5.65. The second kappa shape index (κ2) is 7.58. The van der Waals surface area contributed by atoms with Crippen molar-refractivity contribution in [2.24, 2.45) is 11.1 Å². The van der Waals surface area contributed by atoms with E-state index < -0.39 is 0 Å². The van der Waals surface area contributed by atoms with Crippen LogP contribution in [0.4, 0.5) is 0 Å². The van der Waals surface area contributed by atoms with Crippen LogP contribution in [-0.4, -0.2) is 54.2 Å². The molecule has 136 valence electrons. The highest BCUT2D eigenvalue weighted by molar-refractivity contribution is 5.98. The van der Waals surface area contributed by atoms with E-state index in [9.17, 15) is 5.11 Å². The van der Waals surface area contributed by atoms with Crippen molar-refractivity contribution in [3.63, 3.8) is 0 Å². The average Bonchev–Trinajstić information content (AvgIpc) is 2.65. The molecule has 2 bridgehead atoms. The highest BCUT2D eigenvalue weighted by atomic mass is 16.6. The van der Waals surface area contributed by atoms with Crippen LogP contribution in [0.3, 0.4) is 0 Å². The predicted molar refractivity (Wildman–Crippen MR) is 99.0 cm³/mol. The fraction of sp³-hybridized carbons (Fsp3) is 0.550. The Kier molecular flexibility index (Phi) is 5.45. The minimum absolute atomic E-state index is 0.352. The van der Waals surface area contributed by atoms with Gasteiger partial charge in [0.15, 0.2) is 0 Å². The van der Waals surface area contributed by atoms with Crippen LogP contribution in [0.25, 0.3) is 0 Å². The molecule has 0 saturated carbocycles. The Balaban J connectivity index is 1.72. The van der Waals surface area contributed by atoms with Crippen molar-refractivity contribution in [1.82, 2.24) is 4.90 Å². The number of fused-ring (bicyclic) bond motifs is 3. The molecule has 0 radical (unpaired) electrons. The molecule has 1 N–H and O–H groups in total. The monoisotopic (exact) mass is 344 g/mol. The quantitative estimate of drug-likeness (QED) is 0.469. The molecule has 3 aliphatic heterocycles. The summed E-state index contributed by atoms with van der Waals surface area (Å²) < 4.78 is 6.10. The molecular weight excluding hydrogens is 316 g/mol. The fourth-order valence-corrected chi connectivity index (χ4v) is 4.21. The van der Waals surface area contributed by atoms with E-state index in [1.54, 1.807) is 7.11 Å². The summed E-state index contributed by atoms with van der Waals surface area (Å²) in [4.78, 5) is 7.20. The molecule has 5 heteroatoms. The van der Waals surface area contributed by atoms with E-state index >= 15 is 0 Å². The fourth-order valence-electron chi connectivity index (χ4n) is 4.21. The number of aliphatic hydroxyl groups excluding tert-OH is 1. The van der Waals surface area contributed by atoms with Gasteiger partial charge in [0.1, 0.15) is 19.5 Å². The zero-order chi connectivity index (χ0) is 17.9. The third-order valence-electron chi connectivity index (χ3n) is 5.65. The Bertz CT molecular complexity index is 616. The van der Waals surface area contributed by atoms with E-state index in [1.165, 1.54) is 0 Å². The summed E-state index contributed by atoms with van der Waals surface area (Å²) in [6.45, 7) is 8.34. The Hall–Kier alpha value is -1.85. The molecule has 0 spiro atoms. The maximum Gasteiger partial charge on any atom is 0.119 e. The average molecular weight is 344 g/mol. The summed E-state index contributed by atoms with van der Waals surface area (Å²) in [6.07, 6.45) is 4.44. The Morgan fingerprint density at radius 1 is 1.36 bits per heavy atom. The van der Waals surface area contributed by atoms with E-state index in [0.29, 0.717) is 12.5 Å². The third kappa shape index (κ3) is 3.44. The summed E-state index contributed by atoms with van der Waals surface area (Å²) in [6, 6.07) is 7.82. The summed E-state index contributed by atoms with van der Waals surface area (Å²) in [5, 5.41) is 14.8. The molecule has 0 aromatic heterocycles. The Morgan fingerprint density at radius 3 is 2.60 bits per heavy atom. The van der Waals surface area contributed by atoms with Crippen LogP contribution >= 0.6 is 0 Å². The number of piperidine rings is 3. The van der Waals surface area contributed by atoms with Gasteiger partial charge >= 0.3 is 0 Å². The SMILES string of the molecule is C=CCC1(COc2ccc(C(C)=NOC)cc2)C(O)C2CCN1CC2. The second-order valence-corrected chi connectivity index (χ2v) is 7.04. The Labute approximate surface area is 149 Å². The molecule has 3 fully saturated rings. The van der Waals surface area contributed by atoms with Gasteiger partial charge in [0.05, 0.1) is 17.4 Å². The minimum atomic E-state index is -0.358. The van der Waals surface area contributed by atoms with E-state index in [4.69, 9.17) is 9.57 Å². The van der Waals surface area contributed by atoms with E-state index in [2.05, 4.69) is 16.6 Å². The lowest BCUT2D eigenvalue weighted by molar-refractivity contribution is -0.147. The van der Waals surface area contributed by atoms with Crippen LogP contribution in [0.1, 0.15) is 31.7 Å². The van der Waals surface area contributed by atoms with Gasteiger partial charge in [0.25, 0.3) is 0 Å². The molecule has 2 atom stereocenters. The number of aliphatic hydroxyl groups is 1. The van der Waals surface area contributed by atoms with Crippen molar-refractivity contribution in [3.05, 3.63) is 42.5 Å². The van der Waals surface area contributed by atoms with Crippen molar-refractivity contribution >= 4 is 5.71 Å². The van der Waals surface area contributed by atoms with Crippen molar-refractivity contribution in [3.8, 4) is 5.75 Å². The lowest BCUT2D eigenvalue weighted by atomic mass is 9.70. The first-order valence-electron chi connectivity index (χ1n) is 8.95. The van der Waals surface area contributed by atoms with Crippen LogP contribution in [0.15, 0.2) is 42.1 Å². The van der Waals surface area contributed by atoms with Gasteiger partial charge < -0.3 is 14.7 Å². The molecule has 4 rings (SSSR count). The van der Waals surface area contributed by atoms with Crippen molar-refractivity contribution in [2.75, 3.05) is 26.8 Å². The molecule has 3 aliphatic rings. The second-order valence-electron chi connectivity index (χ2n) is 7.04. The highest BCUT2D eigenvalue weighted by Crippen LogP contribution is 2.42. The lowest BCUT2D eigenvalue weighted by Gasteiger charge is -2.57. The standard InChI is InChI=1S/C20H28N2O3/c1-4-11-20(19(23)17-9-12-22(20)13-10-17)14-25-18-7-5-16(6-8-18)15(2)21-24-3/h4-8,17,19,23H,1,9-14H2,2-3H3. The number of nitrogens with zero attached hydrogens (tertiary/aromatic N) is 2. The summed E-state index contributed by atoms with van der Waals surface area (Å²) in [5.74, 6) is 1.18. The molecule has 25 heavy (non-hydrogen) atoms. The normalized spacial score (nSPS) is 31.6. The van der Waals surface area contributed by atoms with Crippen molar-refractivity contribution in [2.45, 2.75) is 37.8 Å². The number of hydrogen-bond acceptors (Lipinski definition) is 5. The maximum absolute atomic E-state index is 10.9. The van der Waals surface area contributed by atoms with Gasteiger partial charge in [-0.05, 0) is 75.0 Å². The lowest BCUT2D eigenvalue weighted by Crippen LogP contribution is -2.69. The molecule has 3 saturated heterocycles. The molecule has 0 amide bonds. The molecule has 0 aliphatic carbocycles. The molecule has 1 aromatic carbocycles. The van der Waals surface area contributed by atoms with E-state index in [-0.39, 0.29) is 11.6 Å². The van der Waals surface area contributed by atoms with Gasteiger partial charge in [-0.2, -0.15) is 0 Å². The minimum Gasteiger partial charge on any atom is -0.492 e. The highest BCUT2D eigenvalue weighted by Gasteiger charge is 2.52. The molecule has 3 heterocycles. The largest absolute Gasteiger partial charge is 0.492 e. The maximum atomic E-state index is 10.9. The zero-order valence-corrected chi connectivity index (χ0v) is 15.1. The van der Waals surface area contributed by atoms with Crippen molar-refractivity contribution in [1.29, 1.82) is 0 Å². The smallest absolute Gasteiger partial charge is 0.119 e. The van der Waals surface area contributed by atoms with Gasteiger partial charge in [0.2, 0.25) is 0 Å². The summed E-state index contributed by atoms with van der Waals surface area (Å²) >= 11 is 0. The number of rotatable bonds is 7. The number of oxime groups is 1. The van der Waals surface area contributed by atoms with Gasteiger partial charge in [-0.1, -0.05) is 11.2 Å². The van der Waals surface area contributed by atoms with Gasteiger partial charge in [-0.3, -0.25) is 4.90 Å². The number of hydrogen-bond donors (Lipinski definition) is 1. The summed E-state index contributed by atoms with van der Waals surface area (Å²) in [7, 11) is 1.54. The van der Waals surface area contributed by atoms with Gasteiger partial charge in [0, 0.05) is 0 Å². The number of benzene rings is 1. The zero-order valence-electron chi connectivity index (χ0n) is 15.1. The van der Waals surface area contributed by atoms with E-state index in [0.717, 1.165) is 49.4 Å². The van der Waals surface area contributed by atoms with Gasteiger partial charge in [-0.15, -0.1) is 6.58 Å². The van der Waals surface area contributed by atoms with Crippen LogP contribution < -0.4 is 4.74 Å². The van der Waals surface area contributed by atoms with E-state index in [1.807, 2.05) is 37.3 Å². The molecule has 2 unspecified atom stereocenters. The molecule has 5 nitrogen and oxygen atoms in total. The summed E-state index contributed by atoms with van der Waals surface area (Å²) in [5.41, 5.74) is 1.47. The first-order chi connectivity index (χ1) is 12.1. The van der Waals surface area contributed by atoms with Crippen LogP contribution in [-0.2, 0) is 4.84 Å². The molecule has 1 aromatic rings. The van der Waals surface area contributed by atoms with Gasteiger partial charge in [-0.25, -0.2) is 0 Å². The van der Waals surface area contributed by atoms with Crippen LogP contribution in [0, 0.1) is 5.92 Å². The molecular formula is C20H28N2O3. The van der Waals surface area contributed by atoms with Crippen LogP contribution in [0.5, 0.6) is 5.75 Å². The topological polar surface area (TPSA) is 54.3 Å². The number of ether oxygens (including phenoxy) is 1. The van der Waals surface area contributed by atoms with Crippen molar-refractivity contribution < 1.29 is 14.7 Å². The Morgan fingerprint density at radius 2 is 2.04 bits per heavy atom. The van der Waals surface area contributed by atoms with Crippen LogP contribution in [0.2, 0.25) is 0 Å². The first kappa shape index (κ1) is 18.0. The first-order valence-corrected chi connectivity index (χ1v) is 8.95. The predicted octanol–water partition coefficient (Wildman–Crippen LogP) is 2.84.